The topological polar surface area (TPSA) is 149 Å². The molecular weight excluding hydrogens is 672 g/mol. The first-order valence-electron chi connectivity index (χ1n) is 20.1. The van der Waals surface area contributed by atoms with Gasteiger partial charge >= 0.3 is 0 Å². The van der Waals surface area contributed by atoms with E-state index in [-0.39, 0.29) is 39.6 Å². The van der Waals surface area contributed by atoms with Gasteiger partial charge < -0.3 is 44.8 Å². The van der Waals surface area contributed by atoms with Gasteiger partial charge in [-0.1, -0.05) is 108 Å². The van der Waals surface area contributed by atoms with Crippen molar-refractivity contribution in [1.29, 1.82) is 0 Å². The Morgan fingerprint density at radius 3 is 1.25 bits per heavy atom. The first kappa shape index (κ1) is 51.1. The second-order valence-corrected chi connectivity index (χ2v) is 14.8. The van der Waals surface area contributed by atoms with Crippen molar-refractivity contribution >= 4 is 0 Å². The van der Waals surface area contributed by atoms with Crippen LogP contribution in [0.15, 0.2) is 60.7 Å². The molecule has 2 rings (SSSR count). The first-order chi connectivity index (χ1) is 25.7. The second-order valence-electron chi connectivity index (χ2n) is 14.8. The summed E-state index contributed by atoms with van der Waals surface area (Å²) in [7, 11) is 0. The summed E-state index contributed by atoms with van der Waals surface area (Å²) in [5, 5.41) is 55.5. The molecule has 0 aromatic heterocycles. The zero-order valence-corrected chi connectivity index (χ0v) is 34.0. The molecule has 0 bridgehead atoms. The number of hydrogen-bond donors (Lipinski definition) is 6. The largest absolute Gasteiger partial charge is 0.396 e. The van der Waals surface area contributed by atoms with Crippen molar-refractivity contribution in [1.82, 2.24) is 0 Å². The molecule has 2 aromatic rings. The van der Waals surface area contributed by atoms with Gasteiger partial charge in [0.1, 0.15) is 0 Å². The maximum absolute atomic E-state index is 9.33. The fourth-order valence-corrected chi connectivity index (χ4v) is 5.34. The number of ether oxygens (including phenoxy) is 3. The Balaban J connectivity index is 0.000000779. The molecule has 0 aliphatic heterocycles. The molecule has 9 nitrogen and oxygen atoms in total. The first-order valence-corrected chi connectivity index (χ1v) is 20.1. The Kier molecular flexibility index (Phi) is 31.2. The maximum atomic E-state index is 9.33. The van der Waals surface area contributed by atoms with Gasteiger partial charge in [0, 0.05) is 36.1 Å². The van der Waals surface area contributed by atoms with Gasteiger partial charge in [-0.15, -0.1) is 0 Å². The van der Waals surface area contributed by atoms with E-state index < -0.39 is 16.2 Å². The Morgan fingerprint density at radius 1 is 0.491 bits per heavy atom. The van der Waals surface area contributed by atoms with Crippen LogP contribution < -0.4 is 0 Å². The summed E-state index contributed by atoms with van der Waals surface area (Å²) in [6.45, 7) is 13.6. The molecule has 53 heavy (non-hydrogen) atoms. The molecule has 0 saturated carbocycles. The predicted molar refractivity (Wildman–Crippen MR) is 216 cm³/mol. The zero-order valence-electron chi connectivity index (χ0n) is 34.0. The Morgan fingerprint density at radius 2 is 0.868 bits per heavy atom. The van der Waals surface area contributed by atoms with E-state index in [2.05, 4.69) is 62.4 Å². The molecule has 2 aromatic carbocycles. The van der Waals surface area contributed by atoms with Crippen LogP contribution in [0, 0.1) is 16.2 Å². The Labute approximate surface area is 322 Å². The highest BCUT2D eigenvalue weighted by Crippen LogP contribution is 2.24. The summed E-state index contributed by atoms with van der Waals surface area (Å²) in [6, 6.07) is 20.9. The lowest BCUT2D eigenvalue weighted by molar-refractivity contribution is -0.0308. The summed E-state index contributed by atoms with van der Waals surface area (Å²) in [5.74, 6) is 0.534. The summed E-state index contributed by atoms with van der Waals surface area (Å²) >= 11 is 0. The van der Waals surface area contributed by atoms with E-state index in [0.29, 0.717) is 39.0 Å². The molecule has 0 aliphatic rings. The molecule has 1 unspecified atom stereocenters. The number of aliphatic hydroxyl groups excluding tert-OH is 6. The van der Waals surface area contributed by atoms with E-state index in [4.69, 9.17) is 24.4 Å². The van der Waals surface area contributed by atoms with Crippen molar-refractivity contribution in [2.24, 2.45) is 16.2 Å². The van der Waals surface area contributed by atoms with Crippen molar-refractivity contribution in [2.75, 3.05) is 79.3 Å². The van der Waals surface area contributed by atoms with E-state index in [9.17, 15) is 20.4 Å². The van der Waals surface area contributed by atoms with Gasteiger partial charge in [0.25, 0.3) is 0 Å². The van der Waals surface area contributed by atoms with Crippen molar-refractivity contribution in [3.8, 4) is 0 Å². The number of unbranched alkanes of at least 4 members (excludes halogenated alkanes) is 3. The lowest BCUT2D eigenvalue weighted by Gasteiger charge is -2.27. The molecule has 0 amide bonds. The lowest BCUT2D eigenvalue weighted by Crippen LogP contribution is -2.34. The minimum atomic E-state index is -0.481. The Hall–Kier alpha value is -1.92. The summed E-state index contributed by atoms with van der Waals surface area (Å²) < 4.78 is 16.7. The van der Waals surface area contributed by atoms with Gasteiger partial charge in [0.05, 0.1) is 59.5 Å². The number of benzene rings is 2. The van der Waals surface area contributed by atoms with Crippen LogP contribution in [0.5, 0.6) is 0 Å². The highest BCUT2D eigenvalue weighted by molar-refractivity contribution is 5.18. The SMILES string of the molecule is CCC(CO)(CO)COCCCC(C)c1ccccc1.CCC(CO)(CO)COCCCCc1ccccc1.CCCCCOCC(CC)(CO)CO. The summed E-state index contributed by atoms with van der Waals surface area (Å²) in [5.41, 5.74) is 1.33. The number of hydrogen-bond acceptors (Lipinski definition) is 9. The van der Waals surface area contributed by atoms with Crippen molar-refractivity contribution in [3.05, 3.63) is 71.8 Å². The zero-order chi connectivity index (χ0) is 39.7. The van der Waals surface area contributed by atoms with E-state index in [1.165, 1.54) is 24.0 Å². The smallest absolute Gasteiger partial charge is 0.0566 e. The predicted octanol–water partition coefficient (Wildman–Crippen LogP) is 6.95. The third kappa shape index (κ3) is 22.3. The van der Waals surface area contributed by atoms with Crippen LogP contribution in [-0.4, -0.2) is 110 Å². The minimum absolute atomic E-state index is 0.00617. The van der Waals surface area contributed by atoms with Crippen molar-refractivity contribution in [2.45, 2.75) is 111 Å². The van der Waals surface area contributed by atoms with Crippen LogP contribution in [0.2, 0.25) is 0 Å². The number of aryl methyl sites for hydroxylation is 1. The molecule has 0 saturated heterocycles. The van der Waals surface area contributed by atoms with Crippen molar-refractivity contribution < 1.29 is 44.8 Å². The van der Waals surface area contributed by atoms with E-state index in [1.807, 2.05) is 32.9 Å². The van der Waals surface area contributed by atoms with Crippen LogP contribution in [-0.2, 0) is 20.6 Å². The van der Waals surface area contributed by atoms with Gasteiger partial charge in [-0.3, -0.25) is 0 Å². The summed E-state index contributed by atoms with van der Waals surface area (Å²) in [4.78, 5) is 0. The van der Waals surface area contributed by atoms with E-state index in [1.54, 1.807) is 0 Å². The monoisotopic (exact) mass is 751 g/mol. The third-order valence-corrected chi connectivity index (χ3v) is 10.5. The second kappa shape index (κ2) is 32.3. The molecular formula is C44H78O9. The van der Waals surface area contributed by atoms with E-state index >= 15 is 0 Å². The van der Waals surface area contributed by atoms with E-state index in [0.717, 1.165) is 64.4 Å². The summed E-state index contributed by atoms with van der Waals surface area (Å²) in [6.07, 6.45) is 10.9. The standard InChI is InChI=1S/C17H28O3.C16H26O3.C11H24O3/c1-3-17(12-18,13-19)14-20-11-7-8-15(2)16-9-5-4-6-10-16;1-2-16(12-17,13-18)14-19-11-7-6-10-15-8-4-3-5-9-15;1-3-5-6-7-14-10-11(4-2,8-12)9-13/h4-6,9-10,15,18-19H,3,7-8,11-14H2,1-2H3;3-5,8-9,17-18H,2,6-7,10-14H2,1H3;12-13H,3-10H2,1-2H3. The van der Waals surface area contributed by atoms with Crippen LogP contribution in [0.4, 0.5) is 0 Å². The lowest BCUT2D eigenvalue weighted by atomic mass is 9.88. The van der Waals surface area contributed by atoms with Gasteiger partial charge in [0.2, 0.25) is 0 Å². The average molecular weight is 751 g/mol. The quantitative estimate of drug-likeness (QED) is 0.0486. The number of rotatable bonds is 29. The fourth-order valence-electron chi connectivity index (χ4n) is 5.34. The van der Waals surface area contributed by atoms with Crippen LogP contribution in [0.25, 0.3) is 0 Å². The highest BCUT2D eigenvalue weighted by Gasteiger charge is 2.28. The molecule has 6 N–H and O–H groups in total. The molecule has 0 heterocycles. The highest BCUT2D eigenvalue weighted by atomic mass is 16.5. The van der Waals surface area contributed by atoms with Gasteiger partial charge in [0.15, 0.2) is 0 Å². The van der Waals surface area contributed by atoms with Gasteiger partial charge in [-0.25, -0.2) is 0 Å². The normalized spacial score (nSPS) is 12.4. The third-order valence-electron chi connectivity index (χ3n) is 10.5. The van der Waals surface area contributed by atoms with Crippen LogP contribution in [0.1, 0.15) is 116 Å². The molecule has 1 atom stereocenters. The molecule has 0 spiro atoms. The molecule has 0 aliphatic carbocycles. The Bertz CT molecular complexity index is 1020. The number of aliphatic hydroxyl groups is 6. The maximum Gasteiger partial charge on any atom is 0.0566 e. The van der Waals surface area contributed by atoms with Crippen molar-refractivity contribution in [3.63, 3.8) is 0 Å². The molecule has 0 radical (unpaired) electrons. The van der Waals surface area contributed by atoms with Crippen LogP contribution >= 0.6 is 0 Å². The average Bonchev–Trinajstić information content (AvgIpc) is 3.22. The van der Waals surface area contributed by atoms with Crippen LogP contribution in [0.3, 0.4) is 0 Å². The minimum Gasteiger partial charge on any atom is -0.396 e. The van der Waals surface area contributed by atoms with Gasteiger partial charge in [-0.2, -0.15) is 0 Å². The molecule has 308 valence electrons. The fraction of sp³-hybridized carbons (Fsp3) is 0.727. The molecule has 0 fully saturated rings. The van der Waals surface area contributed by atoms with Gasteiger partial charge in [-0.05, 0) is 74.8 Å². The molecule has 9 heteroatoms.